The van der Waals surface area contributed by atoms with Gasteiger partial charge in [0.1, 0.15) is 0 Å². The summed E-state index contributed by atoms with van der Waals surface area (Å²) in [5.41, 5.74) is 1.01. The van der Waals surface area contributed by atoms with Gasteiger partial charge in [-0.05, 0) is 18.6 Å². The van der Waals surface area contributed by atoms with Gasteiger partial charge >= 0.3 is 0 Å². The van der Waals surface area contributed by atoms with E-state index in [1.165, 1.54) is 12.1 Å². The molecule has 0 bridgehead atoms. The van der Waals surface area contributed by atoms with Gasteiger partial charge < -0.3 is 0 Å². The first-order valence-electron chi connectivity index (χ1n) is 3.87. The molecule has 4 nitrogen and oxygen atoms in total. The van der Waals surface area contributed by atoms with Crippen molar-refractivity contribution in [2.24, 2.45) is 0 Å². The van der Waals surface area contributed by atoms with E-state index < -0.39 is 4.92 Å². The lowest BCUT2D eigenvalue weighted by molar-refractivity contribution is -0.385. The summed E-state index contributed by atoms with van der Waals surface area (Å²) < 4.78 is 0. The molecule has 1 aromatic carbocycles. The number of hydrogen-bond donors (Lipinski definition) is 0. The molecular formula is C9H7ClN2O2. The van der Waals surface area contributed by atoms with Crippen molar-refractivity contribution in [2.45, 2.75) is 13.3 Å². The molecule has 0 atom stereocenters. The van der Waals surface area contributed by atoms with Crippen molar-refractivity contribution in [3.63, 3.8) is 0 Å². The van der Waals surface area contributed by atoms with Gasteiger partial charge in [-0.1, -0.05) is 11.6 Å². The van der Waals surface area contributed by atoms with Crippen molar-refractivity contribution in [1.82, 2.24) is 0 Å². The number of rotatable bonds is 2. The smallest absolute Gasteiger partial charge is 0.258 e. The minimum atomic E-state index is -0.489. The fourth-order valence-corrected chi connectivity index (χ4v) is 1.38. The fraction of sp³-hybridized carbons (Fsp3) is 0.222. The lowest BCUT2D eigenvalue weighted by Crippen LogP contribution is -1.95. The number of nitriles is 1. The highest BCUT2D eigenvalue weighted by molar-refractivity contribution is 6.32. The van der Waals surface area contributed by atoms with E-state index in [-0.39, 0.29) is 12.1 Å². The van der Waals surface area contributed by atoms with Gasteiger partial charge in [0.25, 0.3) is 5.69 Å². The largest absolute Gasteiger partial charge is 0.273 e. The summed E-state index contributed by atoms with van der Waals surface area (Å²) in [6, 6.07) is 4.83. The first-order valence-corrected chi connectivity index (χ1v) is 4.25. The summed E-state index contributed by atoms with van der Waals surface area (Å²) in [6.45, 7) is 1.57. The number of nitro groups is 1. The lowest BCUT2D eigenvalue weighted by atomic mass is 10.1. The second-order valence-corrected chi connectivity index (χ2v) is 3.15. The molecule has 0 aliphatic carbocycles. The van der Waals surface area contributed by atoms with Gasteiger partial charge in [-0.2, -0.15) is 5.26 Å². The summed E-state index contributed by atoms with van der Waals surface area (Å²) in [7, 11) is 0. The summed E-state index contributed by atoms with van der Waals surface area (Å²) in [4.78, 5) is 10.0. The Balaban J connectivity index is 3.27. The van der Waals surface area contributed by atoms with Crippen molar-refractivity contribution in [3.8, 4) is 6.07 Å². The maximum atomic E-state index is 10.5. The average Bonchev–Trinajstić information content (AvgIpc) is 2.13. The normalized spacial score (nSPS) is 9.50. The third kappa shape index (κ3) is 1.83. The van der Waals surface area contributed by atoms with Crippen LogP contribution in [0.15, 0.2) is 12.1 Å². The van der Waals surface area contributed by atoms with Crippen LogP contribution in [-0.2, 0) is 6.42 Å². The molecule has 0 N–H and O–H groups in total. The van der Waals surface area contributed by atoms with Crippen molar-refractivity contribution in [3.05, 3.63) is 38.4 Å². The Morgan fingerprint density at radius 3 is 2.79 bits per heavy atom. The maximum absolute atomic E-state index is 10.5. The van der Waals surface area contributed by atoms with Crippen LogP contribution in [0.2, 0.25) is 5.02 Å². The topological polar surface area (TPSA) is 66.9 Å². The summed E-state index contributed by atoms with van der Waals surface area (Å²) in [6.07, 6.45) is 0.164. The van der Waals surface area contributed by atoms with E-state index in [0.717, 1.165) is 0 Å². The third-order valence-electron chi connectivity index (χ3n) is 1.90. The van der Waals surface area contributed by atoms with Gasteiger partial charge in [0, 0.05) is 11.6 Å². The Kier molecular flexibility index (Phi) is 3.05. The zero-order valence-corrected chi connectivity index (χ0v) is 8.21. The minimum absolute atomic E-state index is 0.0170. The first-order chi connectivity index (χ1) is 6.57. The van der Waals surface area contributed by atoms with Crippen LogP contribution in [0, 0.1) is 28.4 Å². The molecule has 0 aliphatic heterocycles. The van der Waals surface area contributed by atoms with Crippen LogP contribution in [0.3, 0.4) is 0 Å². The molecule has 0 amide bonds. The Hall–Kier alpha value is -1.60. The molecule has 0 saturated carbocycles. The third-order valence-corrected chi connectivity index (χ3v) is 2.43. The van der Waals surface area contributed by atoms with E-state index in [4.69, 9.17) is 16.9 Å². The average molecular weight is 211 g/mol. The van der Waals surface area contributed by atoms with Crippen LogP contribution in [0.5, 0.6) is 0 Å². The van der Waals surface area contributed by atoms with Crippen LogP contribution in [0.1, 0.15) is 11.1 Å². The van der Waals surface area contributed by atoms with Gasteiger partial charge in [0.2, 0.25) is 0 Å². The Labute approximate surface area is 85.9 Å². The van der Waals surface area contributed by atoms with E-state index in [2.05, 4.69) is 0 Å². The van der Waals surface area contributed by atoms with E-state index in [0.29, 0.717) is 16.1 Å². The van der Waals surface area contributed by atoms with E-state index in [9.17, 15) is 10.1 Å². The second kappa shape index (κ2) is 4.07. The quantitative estimate of drug-likeness (QED) is 0.557. The van der Waals surface area contributed by atoms with E-state index in [1.54, 1.807) is 6.92 Å². The number of nitro benzene ring substituents is 1. The van der Waals surface area contributed by atoms with Crippen molar-refractivity contribution in [1.29, 1.82) is 5.26 Å². The van der Waals surface area contributed by atoms with E-state index >= 15 is 0 Å². The maximum Gasteiger partial charge on any atom is 0.273 e. The molecule has 1 aromatic rings. The van der Waals surface area contributed by atoms with Crippen molar-refractivity contribution >= 4 is 17.3 Å². The standard InChI is InChI=1S/C9H7ClN2O2/c1-6-8(12(13)14)3-2-7(4-5-11)9(6)10/h2-3H,4H2,1H3. The molecule has 0 heterocycles. The molecule has 0 spiro atoms. The molecule has 5 heteroatoms. The number of halogens is 1. The fourth-order valence-electron chi connectivity index (χ4n) is 1.15. The first kappa shape index (κ1) is 10.5. The highest BCUT2D eigenvalue weighted by Crippen LogP contribution is 2.28. The zero-order valence-electron chi connectivity index (χ0n) is 7.45. The summed E-state index contributed by atoms with van der Waals surface area (Å²) in [5.74, 6) is 0. The molecule has 0 aliphatic rings. The summed E-state index contributed by atoms with van der Waals surface area (Å²) >= 11 is 5.87. The van der Waals surface area contributed by atoms with E-state index in [1.807, 2.05) is 6.07 Å². The molecule has 72 valence electrons. The van der Waals surface area contributed by atoms with Gasteiger partial charge in [0.15, 0.2) is 0 Å². The van der Waals surface area contributed by atoms with Crippen LogP contribution in [0.25, 0.3) is 0 Å². The zero-order chi connectivity index (χ0) is 10.7. The molecule has 0 unspecified atom stereocenters. The lowest BCUT2D eigenvalue weighted by Gasteiger charge is -2.03. The molecular weight excluding hydrogens is 204 g/mol. The number of hydrogen-bond acceptors (Lipinski definition) is 3. The van der Waals surface area contributed by atoms with Gasteiger partial charge in [0.05, 0.1) is 22.4 Å². The van der Waals surface area contributed by atoms with Crippen LogP contribution in [-0.4, -0.2) is 4.92 Å². The Morgan fingerprint density at radius 1 is 1.64 bits per heavy atom. The van der Waals surface area contributed by atoms with Crippen LogP contribution in [0.4, 0.5) is 5.69 Å². The minimum Gasteiger partial charge on any atom is -0.258 e. The van der Waals surface area contributed by atoms with Gasteiger partial charge in [-0.25, -0.2) is 0 Å². The number of nitrogens with zero attached hydrogens (tertiary/aromatic N) is 2. The molecule has 0 fully saturated rings. The van der Waals surface area contributed by atoms with Crippen molar-refractivity contribution < 1.29 is 4.92 Å². The molecule has 1 rings (SSSR count). The molecule has 0 saturated heterocycles. The Bertz CT molecular complexity index is 424. The molecule has 0 aromatic heterocycles. The monoisotopic (exact) mass is 210 g/mol. The predicted molar refractivity (Wildman–Crippen MR) is 52.2 cm³/mol. The number of benzene rings is 1. The van der Waals surface area contributed by atoms with Crippen LogP contribution >= 0.6 is 11.6 Å². The Morgan fingerprint density at radius 2 is 2.29 bits per heavy atom. The van der Waals surface area contributed by atoms with Gasteiger partial charge in [-0.15, -0.1) is 0 Å². The SMILES string of the molecule is Cc1c([N+](=O)[O-])ccc(CC#N)c1Cl. The second-order valence-electron chi connectivity index (χ2n) is 2.77. The highest BCUT2D eigenvalue weighted by atomic mass is 35.5. The molecule has 14 heavy (non-hydrogen) atoms. The molecule has 0 radical (unpaired) electrons. The predicted octanol–water partition coefficient (Wildman–Crippen LogP) is 2.62. The van der Waals surface area contributed by atoms with Crippen LogP contribution < -0.4 is 0 Å². The summed E-state index contributed by atoms with van der Waals surface area (Å²) in [5, 5.41) is 19.3. The highest BCUT2D eigenvalue weighted by Gasteiger charge is 2.15. The van der Waals surface area contributed by atoms with Crippen molar-refractivity contribution in [2.75, 3.05) is 0 Å². The van der Waals surface area contributed by atoms with Gasteiger partial charge in [-0.3, -0.25) is 10.1 Å².